The average molecular weight is 380 g/mol. The fourth-order valence-corrected chi connectivity index (χ4v) is 2.61. The molecule has 1 N–H and O–H groups in total. The molecule has 0 fully saturated rings. The van der Waals surface area contributed by atoms with E-state index >= 15 is 0 Å². The van der Waals surface area contributed by atoms with Crippen molar-refractivity contribution in [1.82, 2.24) is 15.0 Å². The smallest absolute Gasteiger partial charge is 0.134 e. The van der Waals surface area contributed by atoms with Crippen LogP contribution in [0.2, 0.25) is 0 Å². The van der Waals surface area contributed by atoms with Crippen molar-refractivity contribution in [3.8, 4) is 5.75 Å². The van der Waals surface area contributed by atoms with Crippen LogP contribution in [-0.2, 0) is 13.2 Å². The minimum Gasteiger partial charge on any atom is -0.487 e. The van der Waals surface area contributed by atoms with E-state index in [9.17, 15) is 4.39 Å². The third kappa shape index (κ3) is 5.94. The Hall–Kier alpha value is -3.15. The summed E-state index contributed by atoms with van der Waals surface area (Å²) in [6.07, 6.45) is 6.96. The lowest BCUT2D eigenvalue weighted by Gasteiger charge is -2.05. The molecule has 2 aromatic carbocycles. The van der Waals surface area contributed by atoms with Crippen molar-refractivity contribution >= 4 is 17.8 Å². The van der Waals surface area contributed by atoms with Crippen molar-refractivity contribution in [2.45, 2.75) is 26.5 Å². The van der Waals surface area contributed by atoms with Crippen molar-refractivity contribution in [2.75, 3.05) is 18.5 Å². The lowest BCUT2D eigenvalue weighted by atomic mass is 10.1. The standard InChI is InChI=1S/C22H25FN4O/c1-2-14-24-20-9-5-18(6-10-20)3-4-19-7-11-22(12-8-19)28-17-21-16-27(15-13-23)26-25-21/h3-12,16,24H,2,13-15,17H2,1H3/b4-3+. The van der Waals surface area contributed by atoms with Crippen LogP contribution in [0.25, 0.3) is 12.2 Å². The first kappa shape index (κ1) is 19.6. The number of aromatic nitrogens is 3. The van der Waals surface area contributed by atoms with E-state index in [0.717, 1.165) is 35.5 Å². The van der Waals surface area contributed by atoms with Crippen LogP contribution in [0.5, 0.6) is 5.75 Å². The maximum absolute atomic E-state index is 12.3. The summed E-state index contributed by atoms with van der Waals surface area (Å²) < 4.78 is 19.5. The lowest BCUT2D eigenvalue weighted by molar-refractivity contribution is 0.301. The fraction of sp³-hybridized carbons (Fsp3) is 0.273. The number of hydrogen-bond donors (Lipinski definition) is 1. The second kappa shape index (κ2) is 10.3. The molecule has 0 spiro atoms. The predicted molar refractivity (Wildman–Crippen MR) is 111 cm³/mol. The van der Waals surface area contributed by atoms with Gasteiger partial charge in [-0.15, -0.1) is 5.10 Å². The second-order valence-corrected chi connectivity index (χ2v) is 6.40. The number of benzene rings is 2. The van der Waals surface area contributed by atoms with Crippen LogP contribution in [0, 0.1) is 0 Å². The minimum absolute atomic E-state index is 0.214. The number of ether oxygens (including phenoxy) is 1. The van der Waals surface area contributed by atoms with Gasteiger partial charge < -0.3 is 10.1 Å². The van der Waals surface area contributed by atoms with E-state index in [1.807, 2.05) is 24.3 Å². The summed E-state index contributed by atoms with van der Waals surface area (Å²) in [5, 5.41) is 11.2. The number of halogens is 1. The van der Waals surface area contributed by atoms with E-state index in [1.54, 1.807) is 6.20 Å². The van der Waals surface area contributed by atoms with E-state index in [-0.39, 0.29) is 6.54 Å². The van der Waals surface area contributed by atoms with Crippen molar-refractivity contribution < 1.29 is 9.13 Å². The highest BCUT2D eigenvalue weighted by atomic mass is 19.1. The molecule has 1 heterocycles. The van der Waals surface area contributed by atoms with Crippen molar-refractivity contribution in [3.05, 3.63) is 71.5 Å². The first-order chi connectivity index (χ1) is 13.8. The molecule has 1 aromatic heterocycles. The van der Waals surface area contributed by atoms with Crippen molar-refractivity contribution in [3.63, 3.8) is 0 Å². The Labute approximate surface area is 164 Å². The van der Waals surface area contributed by atoms with Gasteiger partial charge in [0.05, 0.1) is 12.7 Å². The number of rotatable bonds is 10. The molecule has 0 saturated carbocycles. The third-order valence-corrected chi connectivity index (χ3v) is 4.12. The van der Waals surface area contributed by atoms with E-state index in [4.69, 9.17) is 4.74 Å². The Morgan fingerprint density at radius 2 is 1.71 bits per heavy atom. The van der Waals surface area contributed by atoms with E-state index in [0.29, 0.717) is 12.3 Å². The summed E-state index contributed by atoms with van der Waals surface area (Å²) >= 11 is 0. The van der Waals surface area contributed by atoms with Crippen LogP contribution < -0.4 is 10.1 Å². The van der Waals surface area contributed by atoms with Crippen molar-refractivity contribution in [2.24, 2.45) is 0 Å². The fourth-order valence-electron chi connectivity index (χ4n) is 2.61. The number of nitrogens with one attached hydrogen (secondary N) is 1. The predicted octanol–water partition coefficient (Wildman–Crippen LogP) is 4.82. The lowest BCUT2D eigenvalue weighted by Crippen LogP contribution is -1.99. The van der Waals surface area contributed by atoms with Gasteiger partial charge in [-0.25, -0.2) is 9.07 Å². The molecule has 0 aliphatic rings. The summed E-state index contributed by atoms with van der Waals surface area (Å²) in [7, 11) is 0. The van der Waals surface area contributed by atoms with Gasteiger partial charge in [-0.2, -0.15) is 0 Å². The zero-order valence-corrected chi connectivity index (χ0v) is 16.0. The molecule has 3 rings (SSSR count). The molecule has 3 aromatic rings. The van der Waals surface area contributed by atoms with Crippen LogP contribution in [0.4, 0.5) is 10.1 Å². The average Bonchev–Trinajstić information content (AvgIpc) is 3.18. The Kier molecular flexibility index (Phi) is 7.18. The highest BCUT2D eigenvalue weighted by molar-refractivity contribution is 5.70. The molecule has 0 bridgehead atoms. The Balaban J connectivity index is 1.51. The van der Waals surface area contributed by atoms with Gasteiger partial charge in [0.25, 0.3) is 0 Å². The molecule has 5 nitrogen and oxygen atoms in total. The molecule has 146 valence electrons. The first-order valence-electron chi connectivity index (χ1n) is 9.46. The minimum atomic E-state index is -0.460. The SMILES string of the molecule is CCCNc1ccc(/C=C/c2ccc(OCc3cn(CCF)nn3)cc2)cc1. The van der Waals surface area contributed by atoms with Gasteiger partial charge in [0.15, 0.2) is 0 Å². The van der Waals surface area contributed by atoms with Crippen LogP contribution in [0.3, 0.4) is 0 Å². The zero-order chi connectivity index (χ0) is 19.6. The summed E-state index contributed by atoms with van der Waals surface area (Å²) in [5.74, 6) is 0.753. The number of hydrogen-bond acceptors (Lipinski definition) is 4. The molecule has 0 atom stereocenters. The number of nitrogens with zero attached hydrogens (tertiary/aromatic N) is 3. The topological polar surface area (TPSA) is 52.0 Å². The third-order valence-electron chi connectivity index (χ3n) is 4.12. The van der Waals surface area contributed by atoms with Crippen LogP contribution in [-0.4, -0.2) is 28.2 Å². The molecule has 0 amide bonds. The molecule has 0 radical (unpaired) electrons. The second-order valence-electron chi connectivity index (χ2n) is 6.40. The molecular formula is C22H25FN4O. The first-order valence-corrected chi connectivity index (χ1v) is 9.46. The molecule has 6 heteroatoms. The van der Waals surface area contributed by atoms with Gasteiger partial charge in [-0.05, 0) is 41.8 Å². The van der Waals surface area contributed by atoms with Crippen molar-refractivity contribution in [1.29, 1.82) is 0 Å². The Morgan fingerprint density at radius 3 is 2.36 bits per heavy atom. The summed E-state index contributed by atoms with van der Waals surface area (Å²) in [6, 6.07) is 16.2. The molecular weight excluding hydrogens is 355 g/mol. The summed E-state index contributed by atoms with van der Waals surface area (Å²) in [5.41, 5.74) is 4.06. The maximum Gasteiger partial charge on any atom is 0.134 e. The van der Waals surface area contributed by atoms with Gasteiger partial charge in [0.1, 0.15) is 24.7 Å². The van der Waals surface area contributed by atoms with Gasteiger partial charge >= 0.3 is 0 Å². The largest absolute Gasteiger partial charge is 0.487 e. The van der Waals surface area contributed by atoms with Crippen LogP contribution in [0.1, 0.15) is 30.2 Å². The molecule has 28 heavy (non-hydrogen) atoms. The maximum atomic E-state index is 12.3. The zero-order valence-electron chi connectivity index (χ0n) is 16.0. The number of alkyl halides is 1. The molecule has 0 saturated heterocycles. The number of anilines is 1. The highest BCUT2D eigenvalue weighted by Crippen LogP contribution is 2.17. The number of aryl methyl sites for hydroxylation is 1. The summed E-state index contributed by atoms with van der Waals surface area (Å²) in [6.45, 7) is 3.20. The summed E-state index contributed by atoms with van der Waals surface area (Å²) in [4.78, 5) is 0. The normalized spacial score (nSPS) is 11.1. The molecule has 0 unspecified atom stereocenters. The Morgan fingerprint density at radius 1 is 1.04 bits per heavy atom. The van der Waals surface area contributed by atoms with E-state index in [2.05, 4.69) is 59.0 Å². The highest BCUT2D eigenvalue weighted by Gasteiger charge is 2.02. The monoisotopic (exact) mass is 380 g/mol. The van der Waals surface area contributed by atoms with Crippen LogP contribution in [0.15, 0.2) is 54.7 Å². The van der Waals surface area contributed by atoms with E-state index < -0.39 is 6.67 Å². The van der Waals surface area contributed by atoms with Gasteiger partial charge in [-0.3, -0.25) is 0 Å². The Bertz CT molecular complexity index is 872. The van der Waals surface area contributed by atoms with Crippen LogP contribution >= 0.6 is 0 Å². The van der Waals surface area contributed by atoms with Gasteiger partial charge in [0.2, 0.25) is 0 Å². The molecule has 0 aliphatic heterocycles. The molecule has 0 aliphatic carbocycles. The van der Waals surface area contributed by atoms with Gasteiger partial charge in [0, 0.05) is 12.2 Å². The van der Waals surface area contributed by atoms with Gasteiger partial charge in [-0.1, -0.05) is 48.6 Å². The quantitative estimate of drug-likeness (QED) is 0.513. The van der Waals surface area contributed by atoms with E-state index in [1.165, 1.54) is 4.68 Å².